The van der Waals surface area contributed by atoms with E-state index in [4.69, 9.17) is 4.74 Å². The fourth-order valence-corrected chi connectivity index (χ4v) is 3.37. The first-order chi connectivity index (χ1) is 8.90. The maximum atomic E-state index is 5.60. The first-order valence-corrected chi connectivity index (χ1v) is 7.92. The lowest BCUT2D eigenvalue weighted by molar-refractivity contribution is 0.117. The summed E-state index contributed by atoms with van der Waals surface area (Å²) in [5.74, 6) is 0.870. The molecule has 0 bridgehead atoms. The maximum Gasteiger partial charge on any atom is 0.0480 e. The smallest absolute Gasteiger partial charge is 0.0480 e. The first-order valence-electron chi connectivity index (χ1n) is 7.92. The SMILES string of the molecule is CCCN(CC1CCCNC1)C1CCCOCC1. The van der Waals surface area contributed by atoms with Gasteiger partial charge in [0.05, 0.1) is 0 Å². The first kappa shape index (κ1) is 14.3. The van der Waals surface area contributed by atoms with Crippen molar-refractivity contribution in [1.82, 2.24) is 10.2 Å². The van der Waals surface area contributed by atoms with Crippen molar-refractivity contribution < 1.29 is 4.74 Å². The van der Waals surface area contributed by atoms with Gasteiger partial charge in [-0.1, -0.05) is 6.92 Å². The van der Waals surface area contributed by atoms with E-state index in [-0.39, 0.29) is 0 Å². The molecular formula is C15H30N2O. The molecule has 2 fully saturated rings. The summed E-state index contributed by atoms with van der Waals surface area (Å²) in [5, 5.41) is 3.55. The van der Waals surface area contributed by atoms with E-state index in [1.807, 2.05) is 0 Å². The fraction of sp³-hybridized carbons (Fsp3) is 1.00. The summed E-state index contributed by atoms with van der Waals surface area (Å²) in [5.41, 5.74) is 0. The zero-order valence-corrected chi connectivity index (χ0v) is 12.0. The molecule has 2 rings (SSSR count). The highest BCUT2D eigenvalue weighted by atomic mass is 16.5. The molecule has 0 aromatic carbocycles. The minimum absolute atomic E-state index is 0.773. The molecule has 3 heteroatoms. The number of hydrogen-bond donors (Lipinski definition) is 1. The lowest BCUT2D eigenvalue weighted by atomic mass is 9.97. The van der Waals surface area contributed by atoms with E-state index in [2.05, 4.69) is 17.1 Å². The van der Waals surface area contributed by atoms with E-state index in [0.29, 0.717) is 0 Å². The third-order valence-corrected chi connectivity index (χ3v) is 4.34. The Morgan fingerprint density at radius 1 is 1.17 bits per heavy atom. The van der Waals surface area contributed by atoms with Crippen LogP contribution < -0.4 is 5.32 Å². The molecule has 0 amide bonds. The highest BCUT2D eigenvalue weighted by Gasteiger charge is 2.23. The van der Waals surface area contributed by atoms with Crippen LogP contribution in [0.4, 0.5) is 0 Å². The Hall–Kier alpha value is -0.120. The van der Waals surface area contributed by atoms with Crippen LogP contribution in [0, 0.1) is 5.92 Å². The van der Waals surface area contributed by atoms with Crippen molar-refractivity contribution in [2.24, 2.45) is 5.92 Å². The summed E-state index contributed by atoms with van der Waals surface area (Å²) in [4.78, 5) is 2.76. The molecule has 1 N–H and O–H groups in total. The van der Waals surface area contributed by atoms with Gasteiger partial charge < -0.3 is 10.1 Å². The average Bonchev–Trinajstić information content (AvgIpc) is 2.68. The van der Waals surface area contributed by atoms with Gasteiger partial charge in [-0.3, -0.25) is 4.90 Å². The highest BCUT2D eigenvalue weighted by Crippen LogP contribution is 2.19. The molecule has 3 nitrogen and oxygen atoms in total. The fourth-order valence-electron chi connectivity index (χ4n) is 3.37. The van der Waals surface area contributed by atoms with Crippen LogP contribution in [-0.2, 0) is 4.74 Å². The minimum atomic E-state index is 0.773. The Morgan fingerprint density at radius 2 is 2.11 bits per heavy atom. The van der Waals surface area contributed by atoms with Crippen LogP contribution in [0.1, 0.15) is 45.4 Å². The molecule has 0 aliphatic carbocycles. The van der Waals surface area contributed by atoms with Crippen LogP contribution in [0.5, 0.6) is 0 Å². The van der Waals surface area contributed by atoms with Gasteiger partial charge in [0.2, 0.25) is 0 Å². The largest absolute Gasteiger partial charge is 0.381 e. The van der Waals surface area contributed by atoms with Crippen LogP contribution in [0.15, 0.2) is 0 Å². The standard InChI is InChI=1S/C15H30N2O/c1-2-9-17(13-14-5-3-8-16-12-14)15-6-4-10-18-11-7-15/h14-16H,2-13H2,1H3. The Labute approximate surface area is 112 Å². The molecule has 2 atom stereocenters. The number of nitrogens with one attached hydrogen (secondary N) is 1. The Morgan fingerprint density at radius 3 is 2.89 bits per heavy atom. The second-order valence-corrected chi connectivity index (χ2v) is 5.90. The summed E-state index contributed by atoms with van der Waals surface area (Å²) >= 11 is 0. The average molecular weight is 254 g/mol. The van der Waals surface area contributed by atoms with Crippen molar-refractivity contribution >= 4 is 0 Å². The van der Waals surface area contributed by atoms with Crippen LogP contribution in [0.2, 0.25) is 0 Å². The molecule has 18 heavy (non-hydrogen) atoms. The lowest BCUT2D eigenvalue weighted by Gasteiger charge is -2.35. The van der Waals surface area contributed by atoms with Crippen molar-refractivity contribution in [3.8, 4) is 0 Å². The normalized spacial score (nSPS) is 30.3. The second kappa shape index (κ2) is 8.13. The van der Waals surface area contributed by atoms with Crippen molar-refractivity contribution in [3.05, 3.63) is 0 Å². The van der Waals surface area contributed by atoms with Crippen LogP contribution >= 0.6 is 0 Å². The topological polar surface area (TPSA) is 24.5 Å². The molecule has 0 spiro atoms. The van der Waals surface area contributed by atoms with E-state index in [1.165, 1.54) is 64.7 Å². The van der Waals surface area contributed by atoms with Gasteiger partial charge in [0.15, 0.2) is 0 Å². The zero-order valence-electron chi connectivity index (χ0n) is 12.0. The Balaban J connectivity index is 1.84. The Kier molecular flexibility index (Phi) is 6.46. The van der Waals surface area contributed by atoms with Gasteiger partial charge in [-0.25, -0.2) is 0 Å². The van der Waals surface area contributed by atoms with E-state index >= 15 is 0 Å². The van der Waals surface area contributed by atoms with Gasteiger partial charge in [0.1, 0.15) is 0 Å². The van der Waals surface area contributed by atoms with Gasteiger partial charge in [-0.2, -0.15) is 0 Å². The van der Waals surface area contributed by atoms with Crippen molar-refractivity contribution in [1.29, 1.82) is 0 Å². The van der Waals surface area contributed by atoms with Crippen LogP contribution in [0.3, 0.4) is 0 Å². The summed E-state index contributed by atoms with van der Waals surface area (Å²) in [6.07, 6.45) is 7.86. The van der Waals surface area contributed by atoms with Crippen LogP contribution in [-0.4, -0.2) is 50.3 Å². The van der Waals surface area contributed by atoms with E-state index in [9.17, 15) is 0 Å². The summed E-state index contributed by atoms with van der Waals surface area (Å²) in [6, 6.07) is 0.773. The maximum absolute atomic E-state index is 5.60. The van der Waals surface area contributed by atoms with Gasteiger partial charge in [-0.15, -0.1) is 0 Å². The number of hydrogen-bond acceptors (Lipinski definition) is 3. The van der Waals surface area contributed by atoms with E-state index < -0.39 is 0 Å². The van der Waals surface area contributed by atoms with Gasteiger partial charge in [-0.05, 0) is 64.1 Å². The molecule has 2 unspecified atom stereocenters. The van der Waals surface area contributed by atoms with E-state index in [0.717, 1.165) is 25.2 Å². The van der Waals surface area contributed by atoms with Gasteiger partial charge >= 0.3 is 0 Å². The molecule has 106 valence electrons. The molecule has 0 saturated carbocycles. The van der Waals surface area contributed by atoms with E-state index in [1.54, 1.807) is 0 Å². The molecule has 2 aliphatic heterocycles. The second-order valence-electron chi connectivity index (χ2n) is 5.90. The molecule has 0 aromatic heterocycles. The van der Waals surface area contributed by atoms with Crippen molar-refractivity contribution in [3.63, 3.8) is 0 Å². The van der Waals surface area contributed by atoms with Crippen LogP contribution in [0.25, 0.3) is 0 Å². The molecule has 0 radical (unpaired) electrons. The van der Waals surface area contributed by atoms with Gasteiger partial charge in [0, 0.05) is 25.8 Å². The quantitative estimate of drug-likeness (QED) is 0.814. The third-order valence-electron chi connectivity index (χ3n) is 4.34. The Bertz CT molecular complexity index is 209. The summed E-state index contributed by atoms with van der Waals surface area (Å²) in [6.45, 7) is 9.26. The number of nitrogens with zero attached hydrogens (tertiary/aromatic N) is 1. The summed E-state index contributed by atoms with van der Waals surface area (Å²) < 4.78 is 5.60. The number of piperidine rings is 1. The minimum Gasteiger partial charge on any atom is -0.381 e. The monoisotopic (exact) mass is 254 g/mol. The highest BCUT2D eigenvalue weighted by molar-refractivity contribution is 4.79. The molecular weight excluding hydrogens is 224 g/mol. The molecule has 2 aliphatic rings. The molecule has 2 saturated heterocycles. The van der Waals surface area contributed by atoms with Gasteiger partial charge in [0.25, 0.3) is 0 Å². The predicted octanol–water partition coefficient (Wildman–Crippen LogP) is 2.27. The predicted molar refractivity (Wildman–Crippen MR) is 75.9 cm³/mol. The lowest BCUT2D eigenvalue weighted by Crippen LogP contribution is -2.43. The number of ether oxygens (including phenoxy) is 1. The third kappa shape index (κ3) is 4.52. The summed E-state index contributed by atoms with van der Waals surface area (Å²) in [7, 11) is 0. The van der Waals surface area contributed by atoms with Crippen molar-refractivity contribution in [2.45, 2.75) is 51.5 Å². The molecule has 2 heterocycles. The van der Waals surface area contributed by atoms with Crippen molar-refractivity contribution in [2.75, 3.05) is 39.4 Å². The molecule has 0 aromatic rings. The number of rotatable bonds is 5. The zero-order chi connectivity index (χ0) is 12.6.